The Morgan fingerprint density at radius 3 is 2.87 bits per heavy atom. The van der Waals surface area contributed by atoms with Crippen LogP contribution in [0.5, 0.6) is 5.75 Å². The molecule has 0 bridgehead atoms. The van der Waals surface area contributed by atoms with E-state index < -0.39 is 0 Å². The van der Waals surface area contributed by atoms with Crippen molar-refractivity contribution >= 4 is 23.2 Å². The molecule has 2 saturated heterocycles. The molecule has 4 heterocycles. The van der Waals surface area contributed by atoms with Crippen LogP contribution in [-0.4, -0.2) is 65.0 Å². The van der Waals surface area contributed by atoms with Crippen LogP contribution in [0.2, 0.25) is 0 Å². The van der Waals surface area contributed by atoms with E-state index in [0.717, 1.165) is 41.8 Å². The number of nitrogens with zero attached hydrogens (tertiary/aromatic N) is 3. The highest BCUT2D eigenvalue weighted by Crippen LogP contribution is 2.32. The fraction of sp³-hybridized carbons (Fsp3) is 0.500. The third-order valence-electron chi connectivity index (χ3n) is 6.29. The van der Waals surface area contributed by atoms with Gasteiger partial charge in [0, 0.05) is 30.5 Å². The van der Waals surface area contributed by atoms with Gasteiger partial charge in [-0.05, 0) is 36.6 Å². The average Bonchev–Trinajstić information content (AvgIpc) is 3.42. The minimum Gasteiger partial charge on any atom is -0.493 e. The van der Waals surface area contributed by atoms with Gasteiger partial charge < -0.3 is 19.3 Å². The van der Waals surface area contributed by atoms with Crippen molar-refractivity contribution < 1.29 is 19.1 Å². The van der Waals surface area contributed by atoms with Crippen molar-refractivity contribution in [3.8, 4) is 5.75 Å². The molecule has 1 aromatic carbocycles. The molecule has 7 nitrogen and oxygen atoms in total. The lowest BCUT2D eigenvalue weighted by Gasteiger charge is -2.42. The van der Waals surface area contributed by atoms with Gasteiger partial charge in [0.05, 0.1) is 49.5 Å². The zero-order valence-corrected chi connectivity index (χ0v) is 17.7. The quantitative estimate of drug-likeness (QED) is 0.753. The molecule has 2 amide bonds. The number of hydrogen-bond donors (Lipinski definition) is 0. The van der Waals surface area contributed by atoms with E-state index in [1.807, 2.05) is 33.4 Å². The van der Waals surface area contributed by atoms with Crippen LogP contribution >= 0.6 is 11.3 Å². The number of aromatic nitrogens is 1. The number of thiazole rings is 1. The summed E-state index contributed by atoms with van der Waals surface area (Å²) in [5, 5.41) is 1.98. The van der Waals surface area contributed by atoms with Crippen LogP contribution in [0.25, 0.3) is 0 Å². The number of carbonyl (C=O) groups excluding carboxylic acids is 2. The molecule has 3 aliphatic heterocycles. The Balaban J connectivity index is 1.25. The SMILES string of the molecule is O=C1CCOC2(CCN(C(=O)c3ccc4c(c3)CCO4)CC2)CN1Cc1cscn1. The summed E-state index contributed by atoms with van der Waals surface area (Å²) in [6.07, 6.45) is 2.71. The first-order valence-corrected chi connectivity index (χ1v) is 11.4. The van der Waals surface area contributed by atoms with E-state index in [9.17, 15) is 9.59 Å². The Kier molecular flexibility index (Phi) is 5.20. The second kappa shape index (κ2) is 8.00. The number of hydrogen-bond acceptors (Lipinski definition) is 6. The van der Waals surface area contributed by atoms with Gasteiger partial charge in [-0.2, -0.15) is 0 Å². The van der Waals surface area contributed by atoms with Gasteiger partial charge in [-0.1, -0.05) is 0 Å². The predicted octanol–water partition coefficient (Wildman–Crippen LogP) is 2.50. The molecule has 30 heavy (non-hydrogen) atoms. The number of likely N-dealkylation sites (tertiary alicyclic amines) is 1. The van der Waals surface area contributed by atoms with Crippen molar-refractivity contribution in [3.63, 3.8) is 0 Å². The highest BCUT2D eigenvalue weighted by molar-refractivity contribution is 7.07. The van der Waals surface area contributed by atoms with Crippen LogP contribution in [0.3, 0.4) is 0 Å². The Morgan fingerprint density at radius 2 is 2.07 bits per heavy atom. The predicted molar refractivity (Wildman–Crippen MR) is 112 cm³/mol. The molecule has 0 radical (unpaired) electrons. The van der Waals surface area contributed by atoms with Gasteiger partial charge >= 0.3 is 0 Å². The molecule has 0 atom stereocenters. The zero-order valence-electron chi connectivity index (χ0n) is 16.8. The van der Waals surface area contributed by atoms with Crippen molar-refractivity contribution in [1.82, 2.24) is 14.8 Å². The summed E-state index contributed by atoms with van der Waals surface area (Å²) < 4.78 is 11.8. The van der Waals surface area contributed by atoms with Crippen LogP contribution in [0.15, 0.2) is 29.1 Å². The van der Waals surface area contributed by atoms with E-state index in [1.54, 1.807) is 5.51 Å². The van der Waals surface area contributed by atoms with Crippen molar-refractivity contribution in [3.05, 3.63) is 45.9 Å². The standard InChI is InChI=1S/C22H25N3O4S/c26-20-4-10-29-22(14-25(20)12-18-13-30-15-23-18)5-7-24(8-6-22)21(27)17-1-2-19-16(11-17)3-9-28-19/h1-2,11,13,15H,3-10,12,14H2. The molecule has 0 N–H and O–H groups in total. The third-order valence-corrected chi connectivity index (χ3v) is 6.93. The van der Waals surface area contributed by atoms with Crippen molar-refractivity contribution in [2.45, 2.75) is 37.8 Å². The highest BCUT2D eigenvalue weighted by Gasteiger charge is 2.41. The Bertz CT molecular complexity index is 938. The first-order chi connectivity index (χ1) is 14.6. The van der Waals surface area contributed by atoms with Crippen LogP contribution < -0.4 is 4.74 Å². The number of ether oxygens (including phenoxy) is 2. The molecule has 0 unspecified atom stereocenters. The number of fused-ring (bicyclic) bond motifs is 1. The summed E-state index contributed by atoms with van der Waals surface area (Å²) in [6, 6.07) is 5.72. The van der Waals surface area contributed by atoms with Crippen LogP contribution in [0, 0.1) is 0 Å². The number of carbonyl (C=O) groups is 2. The topological polar surface area (TPSA) is 72.0 Å². The Labute approximate surface area is 179 Å². The summed E-state index contributed by atoms with van der Waals surface area (Å²) in [4.78, 5) is 33.7. The number of benzene rings is 1. The lowest BCUT2D eigenvalue weighted by atomic mass is 9.90. The maximum Gasteiger partial charge on any atom is 0.253 e. The summed E-state index contributed by atoms with van der Waals surface area (Å²) in [6.45, 7) is 3.46. The largest absolute Gasteiger partial charge is 0.493 e. The number of piperidine rings is 1. The van der Waals surface area contributed by atoms with Gasteiger partial charge in [0.15, 0.2) is 0 Å². The second-order valence-corrected chi connectivity index (χ2v) is 8.94. The minimum absolute atomic E-state index is 0.0589. The number of amides is 2. The van der Waals surface area contributed by atoms with Gasteiger partial charge in [0.25, 0.3) is 5.91 Å². The molecule has 3 aliphatic rings. The van der Waals surface area contributed by atoms with Crippen LogP contribution in [0.1, 0.15) is 40.9 Å². The monoisotopic (exact) mass is 427 g/mol. The lowest BCUT2D eigenvalue weighted by molar-refractivity contribution is -0.132. The maximum atomic E-state index is 13.0. The van der Waals surface area contributed by atoms with Crippen molar-refractivity contribution in [2.24, 2.45) is 0 Å². The van der Waals surface area contributed by atoms with Crippen LogP contribution in [0.4, 0.5) is 0 Å². The molecule has 8 heteroatoms. The van der Waals surface area contributed by atoms with Crippen LogP contribution in [-0.2, 0) is 22.5 Å². The molecule has 1 aromatic heterocycles. The molecule has 2 fully saturated rings. The summed E-state index contributed by atoms with van der Waals surface area (Å²) in [5.41, 5.74) is 4.15. The summed E-state index contributed by atoms with van der Waals surface area (Å²) in [7, 11) is 0. The summed E-state index contributed by atoms with van der Waals surface area (Å²) >= 11 is 1.54. The van der Waals surface area contributed by atoms with E-state index in [1.165, 1.54) is 11.3 Å². The van der Waals surface area contributed by atoms with Crippen molar-refractivity contribution in [2.75, 3.05) is 32.8 Å². The van der Waals surface area contributed by atoms with Gasteiger partial charge in [-0.15, -0.1) is 11.3 Å². The summed E-state index contributed by atoms with van der Waals surface area (Å²) in [5.74, 6) is 1.06. The molecular formula is C22H25N3O4S. The molecule has 158 valence electrons. The van der Waals surface area contributed by atoms with E-state index in [4.69, 9.17) is 9.47 Å². The average molecular weight is 428 g/mol. The molecule has 0 saturated carbocycles. The van der Waals surface area contributed by atoms with Gasteiger partial charge in [-0.3, -0.25) is 9.59 Å². The fourth-order valence-corrected chi connectivity index (χ4v) is 5.12. The molecule has 2 aromatic rings. The smallest absolute Gasteiger partial charge is 0.253 e. The van der Waals surface area contributed by atoms with Crippen molar-refractivity contribution in [1.29, 1.82) is 0 Å². The first-order valence-electron chi connectivity index (χ1n) is 10.5. The normalized spacial score (nSPS) is 20.7. The Morgan fingerprint density at radius 1 is 1.20 bits per heavy atom. The zero-order chi connectivity index (χ0) is 20.6. The van der Waals surface area contributed by atoms with E-state index in [-0.39, 0.29) is 17.4 Å². The Hall–Kier alpha value is -2.45. The minimum atomic E-state index is -0.384. The second-order valence-electron chi connectivity index (χ2n) is 8.22. The molecule has 1 spiro atoms. The van der Waals surface area contributed by atoms with Gasteiger partial charge in [0.1, 0.15) is 5.75 Å². The lowest BCUT2D eigenvalue weighted by Crippen LogP contribution is -2.53. The molecule has 0 aliphatic carbocycles. The number of rotatable bonds is 3. The third kappa shape index (κ3) is 3.81. The first kappa shape index (κ1) is 19.5. The maximum absolute atomic E-state index is 13.0. The fourth-order valence-electron chi connectivity index (χ4n) is 4.57. The van der Waals surface area contributed by atoms with Gasteiger partial charge in [0.2, 0.25) is 5.91 Å². The van der Waals surface area contributed by atoms with Gasteiger partial charge in [-0.25, -0.2) is 4.98 Å². The van der Waals surface area contributed by atoms with E-state index in [2.05, 4.69) is 4.98 Å². The van der Waals surface area contributed by atoms with E-state index in [0.29, 0.717) is 45.8 Å². The molecular weight excluding hydrogens is 402 g/mol. The highest BCUT2D eigenvalue weighted by atomic mass is 32.1. The van der Waals surface area contributed by atoms with E-state index >= 15 is 0 Å². The molecule has 5 rings (SSSR count).